The first-order valence-corrected chi connectivity index (χ1v) is 7.46. The molecule has 1 aromatic carbocycles. The molecule has 2 heterocycles. The monoisotopic (exact) mass is 288 g/mol. The third-order valence-corrected chi connectivity index (χ3v) is 4.27. The lowest BCUT2D eigenvalue weighted by atomic mass is 10.0. The number of piperidine rings is 1. The fraction of sp³-hybridized carbons (Fsp3) is 0.471. The number of ether oxygens (including phenoxy) is 1. The largest absolute Gasteiger partial charge is 0.496 e. The van der Waals surface area contributed by atoms with Crippen LogP contribution in [-0.2, 0) is 6.54 Å². The standard InChI is InChI=1S/C17H21FN2O/c1-12-16(21-2)6-5-15-13(7-8-19-17(12)15)10-20-9-3-4-14(18)11-20/h5-8,14H,3-4,9-11H2,1-2H3/t14-/m1/s1. The molecule has 0 spiro atoms. The van der Waals surface area contributed by atoms with E-state index >= 15 is 0 Å². The highest BCUT2D eigenvalue weighted by molar-refractivity contribution is 5.86. The van der Waals surface area contributed by atoms with Crippen LogP contribution in [0, 0.1) is 6.92 Å². The molecule has 2 aromatic rings. The Morgan fingerprint density at radius 3 is 3.00 bits per heavy atom. The van der Waals surface area contributed by atoms with Gasteiger partial charge in [0, 0.05) is 30.2 Å². The molecule has 4 heteroatoms. The van der Waals surface area contributed by atoms with E-state index in [1.54, 1.807) is 7.11 Å². The lowest BCUT2D eigenvalue weighted by molar-refractivity contribution is 0.133. The van der Waals surface area contributed by atoms with Gasteiger partial charge in [-0.3, -0.25) is 9.88 Å². The quantitative estimate of drug-likeness (QED) is 0.864. The number of alkyl halides is 1. The second-order valence-corrected chi connectivity index (χ2v) is 5.73. The van der Waals surface area contributed by atoms with Gasteiger partial charge in [-0.05, 0) is 50.1 Å². The molecule has 0 radical (unpaired) electrons. The van der Waals surface area contributed by atoms with E-state index in [0.29, 0.717) is 13.0 Å². The van der Waals surface area contributed by atoms with Gasteiger partial charge in [0.05, 0.1) is 12.6 Å². The maximum absolute atomic E-state index is 13.5. The number of hydrogen-bond donors (Lipinski definition) is 0. The molecule has 112 valence electrons. The Hall–Kier alpha value is -1.68. The number of benzene rings is 1. The highest BCUT2D eigenvalue weighted by atomic mass is 19.1. The van der Waals surface area contributed by atoms with Gasteiger partial charge in [-0.2, -0.15) is 0 Å². The van der Waals surface area contributed by atoms with Crippen molar-refractivity contribution in [3.8, 4) is 5.75 Å². The number of methoxy groups -OCH3 is 1. The molecular weight excluding hydrogens is 267 g/mol. The summed E-state index contributed by atoms with van der Waals surface area (Å²) in [5.74, 6) is 0.856. The van der Waals surface area contributed by atoms with Gasteiger partial charge in [-0.15, -0.1) is 0 Å². The molecule has 0 N–H and O–H groups in total. The van der Waals surface area contributed by atoms with Crippen LogP contribution in [0.1, 0.15) is 24.0 Å². The van der Waals surface area contributed by atoms with Crippen molar-refractivity contribution in [3.63, 3.8) is 0 Å². The summed E-state index contributed by atoms with van der Waals surface area (Å²) < 4.78 is 18.9. The average molecular weight is 288 g/mol. The summed E-state index contributed by atoms with van der Waals surface area (Å²) in [6.07, 6.45) is 2.79. The van der Waals surface area contributed by atoms with Crippen molar-refractivity contribution >= 4 is 10.9 Å². The van der Waals surface area contributed by atoms with Crippen LogP contribution in [0.3, 0.4) is 0 Å². The molecule has 21 heavy (non-hydrogen) atoms. The molecule has 0 bridgehead atoms. The van der Waals surface area contributed by atoms with E-state index in [-0.39, 0.29) is 0 Å². The molecule has 1 saturated heterocycles. The zero-order valence-corrected chi connectivity index (χ0v) is 12.6. The fourth-order valence-corrected chi connectivity index (χ4v) is 3.14. The van der Waals surface area contributed by atoms with Crippen LogP contribution in [0.4, 0.5) is 4.39 Å². The Bertz CT molecular complexity index is 644. The van der Waals surface area contributed by atoms with Crippen molar-refractivity contribution in [3.05, 3.63) is 35.5 Å². The molecule has 3 rings (SSSR count). The van der Waals surface area contributed by atoms with E-state index in [9.17, 15) is 4.39 Å². The Morgan fingerprint density at radius 2 is 2.24 bits per heavy atom. The van der Waals surface area contributed by atoms with Crippen LogP contribution in [0.5, 0.6) is 5.75 Å². The summed E-state index contributed by atoms with van der Waals surface area (Å²) in [5.41, 5.74) is 3.24. The Morgan fingerprint density at radius 1 is 1.38 bits per heavy atom. The normalized spacial score (nSPS) is 19.9. The van der Waals surface area contributed by atoms with E-state index in [4.69, 9.17) is 4.74 Å². The summed E-state index contributed by atoms with van der Waals surface area (Å²) in [5, 5.41) is 1.14. The molecule has 0 saturated carbocycles. The number of rotatable bonds is 3. The molecule has 1 aromatic heterocycles. The van der Waals surface area contributed by atoms with Crippen LogP contribution in [0.25, 0.3) is 10.9 Å². The highest BCUT2D eigenvalue weighted by Gasteiger charge is 2.20. The van der Waals surface area contributed by atoms with E-state index in [1.807, 2.05) is 25.3 Å². The number of halogens is 1. The minimum atomic E-state index is -0.686. The van der Waals surface area contributed by atoms with Gasteiger partial charge < -0.3 is 4.74 Å². The Kier molecular flexibility index (Phi) is 4.06. The van der Waals surface area contributed by atoms with E-state index < -0.39 is 6.17 Å². The van der Waals surface area contributed by atoms with Gasteiger partial charge in [0.2, 0.25) is 0 Å². The number of hydrogen-bond acceptors (Lipinski definition) is 3. The first-order valence-electron chi connectivity index (χ1n) is 7.46. The van der Waals surface area contributed by atoms with Crippen LogP contribution >= 0.6 is 0 Å². The second kappa shape index (κ2) is 5.98. The molecule has 1 aliphatic heterocycles. The molecule has 0 amide bonds. The van der Waals surface area contributed by atoms with Crippen molar-refractivity contribution in [2.24, 2.45) is 0 Å². The number of nitrogens with zero attached hydrogens (tertiary/aromatic N) is 2. The third-order valence-electron chi connectivity index (χ3n) is 4.27. The first-order chi connectivity index (χ1) is 10.2. The SMILES string of the molecule is COc1ccc2c(CN3CCC[C@@H](F)C3)ccnc2c1C. The van der Waals surface area contributed by atoms with Gasteiger partial charge in [0.25, 0.3) is 0 Å². The predicted octanol–water partition coefficient (Wildman–Crippen LogP) is 3.49. The molecular formula is C17H21FN2O. The van der Waals surface area contributed by atoms with Crippen LogP contribution in [-0.4, -0.2) is 36.3 Å². The van der Waals surface area contributed by atoms with Crippen LogP contribution in [0.2, 0.25) is 0 Å². The number of aryl methyl sites for hydroxylation is 1. The number of fused-ring (bicyclic) bond motifs is 1. The molecule has 0 unspecified atom stereocenters. The van der Waals surface area contributed by atoms with Crippen molar-refractivity contribution in [2.45, 2.75) is 32.5 Å². The minimum Gasteiger partial charge on any atom is -0.496 e. The van der Waals surface area contributed by atoms with Gasteiger partial charge >= 0.3 is 0 Å². The summed E-state index contributed by atoms with van der Waals surface area (Å²) >= 11 is 0. The van der Waals surface area contributed by atoms with Gasteiger partial charge in [-0.25, -0.2) is 4.39 Å². The van der Waals surface area contributed by atoms with E-state index in [1.165, 1.54) is 5.56 Å². The second-order valence-electron chi connectivity index (χ2n) is 5.73. The van der Waals surface area contributed by atoms with E-state index in [0.717, 1.165) is 41.7 Å². The van der Waals surface area contributed by atoms with Crippen molar-refractivity contribution < 1.29 is 9.13 Å². The number of likely N-dealkylation sites (tertiary alicyclic amines) is 1. The first kappa shape index (κ1) is 14.3. The number of aromatic nitrogens is 1. The molecule has 1 fully saturated rings. The van der Waals surface area contributed by atoms with Gasteiger partial charge in [0.1, 0.15) is 11.9 Å². The molecule has 0 aliphatic carbocycles. The minimum absolute atomic E-state index is 0.541. The van der Waals surface area contributed by atoms with Gasteiger partial charge in [-0.1, -0.05) is 0 Å². The average Bonchev–Trinajstić information content (AvgIpc) is 2.48. The molecule has 1 aliphatic rings. The van der Waals surface area contributed by atoms with Crippen molar-refractivity contribution in [1.29, 1.82) is 0 Å². The highest BCUT2D eigenvalue weighted by Crippen LogP contribution is 2.28. The third kappa shape index (κ3) is 2.86. The molecule has 3 nitrogen and oxygen atoms in total. The summed E-state index contributed by atoms with van der Waals surface area (Å²) in [6, 6.07) is 6.08. The lowest BCUT2D eigenvalue weighted by Crippen LogP contribution is -2.35. The van der Waals surface area contributed by atoms with Crippen LogP contribution in [0.15, 0.2) is 24.4 Å². The zero-order chi connectivity index (χ0) is 14.8. The van der Waals surface area contributed by atoms with Crippen LogP contribution < -0.4 is 4.74 Å². The topological polar surface area (TPSA) is 25.4 Å². The lowest BCUT2D eigenvalue weighted by Gasteiger charge is -2.29. The Labute approximate surface area is 124 Å². The fourth-order valence-electron chi connectivity index (χ4n) is 3.14. The summed E-state index contributed by atoms with van der Waals surface area (Å²) in [4.78, 5) is 6.68. The maximum atomic E-state index is 13.5. The number of pyridine rings is 1. The smallest absolute Gasteiger partial charge is 0.123 e. The summed E-state index contributed by atoms with van der Waals surface area (Å²) in [7, 11) is 1.67. The van der Waals surface area contributed by atoms with Gasteiger partial charge in [0.15, 0.2) is 0 Å². The van der Waals surface area contributed by atoms with Crippen molar-refractivity contribution in [1.82, 2.24) is 9.88 Å². The van der Waals surface area contributed by atoms with E-state index in [2.05, 4.69) is 16.0 Å². The summed E-state index contributed by atoms with van der Waals surface area (Å²) in [6.45, 7) is 4.32. The van der Waals surface area contributed by atoms with Crippen molar-refractivity contribution in [2.75, 3.05) is 20.2 Å². The Balaban J connectivity index is 1.94. The molecule has 1 atom stereocenters. The zero-order valence-electron chi connectivity index (χ0n) is 12.6. The maximum Gasteiger partial charge on any atom is 0.123 e. The predicted molar refractivity (Wildman–Crippen MR) is 82.4 cm³/mol.